The number of halogens is 1. The van der Waals surface area contributed by atoms with Gasteiger partial charge in [-0.3, -0.25) is 9.40 Å². The van der Waals surface area contributed by atoms with Crippen molar-refractivity contribution in [1.82, 2.24) is 19.7 Å². The highest BCUT2D eigenvalue weighted by Gasteiger charge is 2.29. The van der Waals surface area contributed by atoms with Crippen LogP contribution in [0.15, 0.2) is 61.1 Å². The molecule has 11 heteroatoms. The molecule has 9 nitrogen and oxygen atoms in total. The largest absolute Gasteiger partial charge is 0.340 e. The molecule has 0 fully saturated rings. The monoisotopic (exact) mass is 525 g/mol. The van der Waals surface area contributed by atoms with Gasteiger partial charge < -0.3 is 10.6 Å². The zero-order valence-corrected chi connectivity index (χ0v) is 22.2. The van der Waals surface area contributed by atoms with Crippen LogP contribution in [0.3, 0.4) is 0 Å². The third-order valence-electron chi connectivity index (χ3n) is 5.43. The van der Waals surface area contributed by atoms with Gasteiger partial charge in [0.15, 0.2) is 0 Å². The minimum absolute atomic E-state index is 0.287. The molecule has 2 aromatic heterocycles. The molecule has 3 N–H and O–H groups in total. The Hall–Kier alpha value is -3.63. The summed E-state index contributed by atoms with van der Waals surface area (Å²) in [7, 11) is -1.75. The summed E-state index contributed by atoms with van der Waals surface area (Å²) < 4.78 is 28.5. The summed E-state index contributed by atoms with van der Waals surface area (Å²) in [5, 5.41) is 10.9. The first-order valence-electron chi connectivity index (χ1n) is 11.2. The highest BCUT2D eigenvalue weighted by molar-refractivity contribution is 7.94. The molecule has 0 spiro atoms. The third-order valence-corrected chi connectivity index (χ3v) is 7.86. The summed E-state index contributed by atoms with van der Waals surface area (Å²) in [5.41, 5.74) is 4.66. The van der Waals surface area contributed by atoms with Crippen LogP contribution >= 0.6 is 11.6 Å². The highest BCUT2D eigenvalue weighted by Crippen LogP contribution is 2.31. The van der Waals surface area contributed by atoms with E-state index in [-0.39, 0.29) is 5.69 Å². The van der Waals surface area contributed by atoms with Crippen LogP contribution < -0.4 is 15.4 Å². The van der Waals surface area contributed by atoms with Crippen LogP contribution in [0.2, 0.25) is 5.02 Å². The van der Waals surface area contributed by atoms with Crippen LogP contribution in [-0.4, -0.2) is 32.9 Å². The van der Waals surface area contributed by atoms with Crippen molar-refractivity contribution >= 4 is 50.5 Å². The van der Waals surface area contributed by atoms with E-state index in [9.17, 15) is 8.42 Å². The summed E-state index contributed by atoms with van der Waals surface area (Å²) in [6.45, 7) is 6.75. The molecule has 0 unspecified atom stereocenters. The summed E-state index contributed by atoms with van der Waals surface area (Å²) in [5.74, 6) is 0.992. The normalized spacial score (nSPS) is 11.8. The topological polar surface area (TPSA) is 114 Å². The van der Waals surface area contributed by atoms with E-state index in [1.165, 1.54) is 0 Å². The molecule has 0 bridgehead atoms. The van der Waals surface area contributed by atoms with Crippen LogP contribution in [0.25, 0.3) is 11.1 Å². The molecule has 0 saturated heterocycles. The smallest absolute Gasteiger partial charge is 0.237 e. The van der Waals surface area contributed by atoms with Gasteiger partial charge in [-0.1, -0.05) is 23.7 Å². The van der Waals surface area contributed by atoms with Crippen molar-refractivity contribution in [2.24, 2.45) is 7.05 Å². The van der Waals surface area contributed by atoms with Crippen LogP contribution in [0.1, 0.15) is 26.3 Å². The van der Waals surface area contributed by atoms with Gasteiger partial charge in [-0.15, -0.1) is 0 Å². The quantitative estimate of drug-likeness (QED) is 0.276. The van der Waals surface area contributed by atoms with E-state index < -0.39 is 14.8 Å². The maximum Gasteiger partial charge on any atom is 0.237 e. The van der Waals surface area contributed by atoms with Crippen molar-refractivity contribution in [2.75, 3.05) is 15.4 Å². The molecule has 0 saturated carbocycles. The zero-order chi connectivity index (χ0) is 26.1. The van der Waals surface area contributed by atoms with Crippen molar-refractivity contribution in [3.8, 4) is 11.1 Å². The van der Waals surface area contributed by atoms with Crippen molar-refractivity contribution in [3.05, 3.63) is 71.6 Å². The van der Waals surface area contributed by atoms with Gasteiger partial charge in [0.2, 0.25) is 16.0 Å². The average Bonchev–Trinajstić information content (AvgIpc) is 3.24. The van der Waals surface area contributed by atoms with E-state index in [1.54, 1.807) is 49.8 Å². The average molecular weight is 526 g/mol. The van der Waals surface area contributed by atoms with E-state index in [2.05, 4.69) is 30.4 Å². The number of nitrogens with one attached hydrogen (secondary N) is 3. The maximum atomic E-state index is 12.6. The second-order valence-electron chi connectivity index (χ2n) is 9.37. The van der Waals surface area contributed by atoms with Gasteiger partial charge in [0.25, 0.3) is 0 Å². The van der Waals surface area contributed by atoms with Gasteiger partial charge in [-0.25, -0.2) is 13.4 Å². The van der Waals surface area contributed by atoms with E-state index in [1.807, 2.05) is 50.6 Å². The second-order valence-corrected chi connectivity index (χ2v) is 12.2. The zero-order valence-electron chi connectivity index (χ0n) is 20.7. The number of benzene rings is 2. The van der Waals surface area contributed by atoms with E-state index >= 15 is 0 Å². The lowest BCUT2D eigenvalue weighted by Crippen LogP contribution is -2.33. The molecular formula is C25H28ClN7O2S. The van der Waals surface area contributed by atoms with Crippen molar-refractivity contribution < 1.29 is 8.42 Å². The van der Waals surface area contributed by atoms with Crippen LogP contribution in [0, 0.1) is 6.92 Å². The Morgan fingerprint density at radius 2 is 1.64 bits per heavy atom. The molecule has 0 radical (unpaired) electrons. The molecule has 0 aliphatic carbocycles. The first-order valence-corrected chi connectivity index (χ1v) is 13.1. The molecule has 2 heterocycles. The van der Waals surface area contributed by atoms with E-state index in [4.69, 9.17) is 11.6 Å². The number of nitrogens with zero attached hydrogens (tertiary/aromatic N) is 4. The van der Waals surface area contributed by atoms with E-state index in [0.29, 0.717) is 22.5 Å². The van der Waals surface area contributed by atoms with Gasteiger partial charge >= 0.3 is 0 Å². The Bertz CT molecular complexity index is 1490. The first kappa shape index (κ1) is 25.5. The fourth-order valence-corrected chi connectivity index (χ4v) is 4.18. The minimum atomic E-state index is -3.63. The fraction of sp³-hybridized carbons (Fsp3) is 0.240. The predicted molar refractivity (Wildman–Crippen MR) is 146 cm³/mol. The number of hydrogen-bond donors (Lipinski definition) is 3. The lowest BCUT2D eigenvalue weighted by atomic mass is 10.1. The highest BCUT2D eigenvalue weighted by atomic mass is 35.5. The molecule has 0 atom stereocenters. The molecule has 0 aliphatic rings. The Labute approximate surface area is 216 Å². The Kier molecular flexibility index (Phi) is 6.92. The molecule has 36 heavy (non-hydrogen) atoms. The standard InChI is InChI=1S/C25H28ClN7O2S/c1-16-13-27-24(30-19-8-6-17(7-9-19)18-14-28-33(5)15-18)31-23(16)29-20-10-11-21(26)22(12-20)32-36(34,35)25(2,3)4/h6-15,32H,1-5H3,(H2,27,29,30,31). The third kappa shape index (κ3) is 5.77. The van der Waals surface area contributed by atoms with Gasteiger partial charge in [-0.2, -0.15) is 10.1 Å². The lowest BCUT2D eigenvalue weighted by molar-refractivity contribution is 0.566. The van der Waals surface area contributed by atoms with E-state index in [0.717, 1.165) is 22.4 Å². The van der Waals surface area contributed by atoms with Gasteiger partial charge in [0, 0.05) is 41.9 Å². The number of hydrogen-bond acceptors (Lipinski definition) is 7. The van der Waals surface area contributed by atoms with Crippen LogP contribution in [0.5, 0.6) is 0 Å². The molecule has 0 amide bonds. The predicted octanol–water partition coefficient (Wildman–Crippen LogP) is 5.87. The number of aryl methyl sites for hydroxylation is 2. The Morgan fingerprint density at radius 1 is 0.944 bits per heavy atom. The van der Waals surface area contributed by atoms with Crippen LogP contribution in [0.4, 0.5) is 28.8 Å². The van der Waals surface area contributed by atoms with Crippen LogP contribution in [-0.2, 0) is 17.1 Å². The number of anilines is 5. The maximum absolute atomic E-state index is 12.6. The summed E-state index contributed by atoms with van der Waals surface area (Å²) in [6.07, 6.45) is 5.49. The molecule has 2 aromatic carbocycles. The van der Waals surface area contributed by atoms with Crippen molar-refractivity contribution in [1.29, 1.82) is 0 Å². The number of rotatable bonds is 7. The Balaban J connectivity index is 1.52. The Morgan fingerprint density at radius 3 is 2.28 bits per heavy atom. The fourth-order valence-electron chi connectivity index (χ4n) is 3.19. The molecule has 188 valence electrons. The second kappa shape index (κ2) is 9.79. The van der Waals surface area contributed by atoms with Gasteiger partial charge in [-0.05, 0) is 63.6 Å². The summed E-state index contributed by atoms with van der Waals surface area (Å²) in [6, 6.07) is 12.9. The molecule has 4 aromatic rings. The molecule has 4 rings (SSSR count). The molecule has 0 aliphatic heterocycles. The lowest BCUT2D eigenvalue weighted by Gasteiger charge is -2.21. The summed E-state index contributed by atoms with van der Waals surface area (Å²) >= 11 is 6.26. The number of sulfonamides is 1. The number of aromatic nitrogens is 4. The summed E-state index contributed by atoms with van der Waals surface area (Å²) in [4.78, 5) is 8.97. The van der Waals surface area contributed by atoms with Gasteiger partial charge in [0.05, 0.1) is 21.7 Å². The first-order chi connectivity index (χ1) is 16.9. The molecular weight excluding hydrogens is 498 g/mol. The van der Waals surface area contributed by atoms with Crippen molar-refractivity contribution in [2.45, 2.75) is 32.4 Å². The SMILES string of the molecule is Cc1cnc(Nc2ccc(-c3cnn(C)c3)cc2)nc1Nc1ccc(Cl)c(NS(=O)(=O)C(C)(C)C)c1. The van der Waals surface area contributed by atoms with Gasteiger partial charge in [0.1, 0.15) is 5.82 Å². The minimum Gasteiger partial charge on any atom is -0.340 e. The van der Waals surface area contributed by atoms with Crippen molar-refractivity contribution in [3.63, 3.8) is 0 Å².